The van der Waals surface area contributed by atoms with Gasteiger partial charge < -0.3 is 20.1 Å². The van der Waals surface area contributed by atoms with Crippen LogP contribution in [0.25, 0.3) is 0 Å². The van der Waals surface area contributed by atoms with Crippen molar-refractivity contribution in [1.29, 1.82) is 0 Å². The van der Waals surface area contributed by atoms with Gasteiger partial charge >= 0.3 is 0 Å². The Morgan fingerprint density at radius 1 is 1.14 bits per heavy atom. The van der Waals surface area contributed by atoms with E-state index in [0.29, 0.717) is 13.2 Å². The smallest absolute Gasteiger partial charge is 0.191 e. The van der Waals surface area contributed by atoms with E-state index in [0.717, 1.165) is 43.8 Å². The van der Waals surface area contributed by atoms with Crippen LogP contribution in [0.2, 0.25) is 0 Å². The van der Waals surface area contributed by atoms with Gasteiger partial charge in [-0.15, -0.1) is 0 Å². The van der Waals surface area contributed by atoms with E-state index in [1.807, 2.05) is 30.3 Å². The van der Waals surface area contributed by atoms with Gasteiger partial charge in [-0.25, -0.2) is 0 Å². The van der Waals surface area contributed by atoms with Crippen molar-refractivity contribution in [3.63, 3.8) is 0 Å². The molecule has 22 heavy (non-hydrogen) atoms. The first-order chi connectivity index (χ1) is 10.9. The lowest BCUT2D eigenvalue weighted by molar-refractivity contribution is 0.123. The number of hydrogen-bond donors (Lipinski definition) is 2. The third-order valence-electron chi connectivity index (χ3n) is 3.44. The van der Waals surface area contributed by atoms with Crippen LogP contribution in [-0.4, -0.2) is 45.9 Å². The molecule has 2 N–H and O–H groups in total. The zero-order chi connectivity index (χ0) is 15.5. The molecule has 1 aliphatic rings. The number of ether oxygens (including phenoxy) is 2. The minimum atomic E-state index is 0.606. The van der Waals surface area contributed by atoms with Crippen molar-refractivity contribution in [3.8, 4) is 5.75 Å². The Balaban J connectivity index is 1.45. The van der Waals surface area contributed by atoms with Crippen LogP contribution >= 0.6 is 0 Å². The fourth-order valence-electron chi connectivity index (χ4n) is 1.99. The Bertz CT molecular complexity index is 433. The van der Waals surface area contributed by atoms with Crippen molar-refractivity contribution in [3.05, 3.63) is 30.3 Å². The topological polar surface area (TPSA) is 54.9 Å². The first kappa shape index (κ1) is 16.6. The zero-order valence-electron chi connectivity index (χ0n) is 13.4. The van der Waals surface area contributed by atoms with Crippen molar-refractivity contribution in [1.82, 2.24) is 10.6 Å². The number of aliphatic imine (C=N–C) groups is 1. The number of para-hydroxylation sites is 1. The molecule has 0 heterocycles. The maximum absolute atomic E-state index is 5.62. The van der Waals surface area contributed by atoms with Gasteiger partial charge in [0, 0.05) is 26.8 Å². The van der Waals surface area contributed by atoms with Crippen LogP contribution in [0.5, 0.6) is 5.75 Å². The molecule has 0 radical (unpaired) electrons. The fourth-order valence-corrected chi connectivity index (χ4v) is 1.99. The van der Waals surface area contributed by atoms with Crippen LogP contribution < -0.4 is 15.4 Å². The molecule has 0 amide bonds. The van der Waals surface area contributed by atoms with E-state index in [4.69, 9.17) is 9.47 Å². The largest absolute Gasteiger partial charge is 0.492 e. The summed E-state index contributed by atoms with van der Waals surface area (Å²) in [5.74, 6) is 2.53. The molecular formula is C17H27N3O2. The Hall–Kier alpha value is -1.75. The number of guanidine groups is 1. The average Bonchev–Trinajstić information content (AvgIpc) is 3.38. The highest BCUT2D eigenvalue weighted by atomic mass is 16.5. The first-order valence-electron chi connectivity index (χ1n) is 8.08. The maximum atomic E-state index is 5.62. The van der Waals surface area contributed by atoms with Crippen LogP contribution in [0.4, 0.5) is 0 Å². The summed E-state index contributed by atoms with van der Waals surface area (Å²) in [5, 5.41) is 6.51. The SMILES string of the molecule is CN=C(NCCCOCC1CC1)NCCOc1ccccc1. The molecule has 0 atom stereocenters. The molecule has 5 nitrogen and oxygen atoms in total. The second-order valence-electron chi connectivity index (χ2n) is 5.46. The summed E-state index contributed by atoms with van der Waals surface area (Å²) in [6, 6.07) is 9.82. The van der Waals surface area contributed by atoms with Crippen LogP contribution in [0.15, 0.2) is 35.3 Å². The number of hydrogen-bond acceptors (Lipinski definition) is 3. The van der Waals surface area contributed by atoms with Crippen LogP contribution in [-0.2, 0) is 4.74 Å². The molecule has 0 unspecified atom stereocenters. The van der Waals surface area contributed by atoms with Crippen molar-refractivity contribution < 1.29 is 9.47 Å². The van der Waals surface area contributed by atoms with Crippen molar-refractivity contribution in [2.75, 3.05) is 40.0 Å². The van der Waals surface area contributed by atoms with Gasteiger partial charge in [0.1, 0.15) is 12.4 Å². The summed E-state index contributed by atoms with van der Waals surface area (Å²) in [5.41, 5.74) is 0. The fraction of sp³-hybridized carbons (Fsp3) is 0.588. The van der Waals surface area contributed by atoms with Crippen molar-refractivity contribution in [2.24, 2.45) is 10.9 Å². The summed E-state index contributed by atoms with van der Waals surface area (Å²) < 4.78 is 11.2. The minimum absolute atomic E-state index is 0.606. The van der Waals surface area contributed by atoms with E-state index in [1.165, 1.54) is 12.8 Å². The van der Waals surface area contributed by atoms with E-state index in [1.54, 1.807) is 7.05 Å². The molecule has 1 saturated carbocycles. The van der Waals surface area contributed by atoms with Gasteiger partial charge in [0.2, 0.25) is 0 Å². The Kier molecular flexibility index (Phi) is 7.60. The lowest BCUT2D eigenvalue weighted by Crippen LogP contribution is -2.39. The second kappa shape index (κ2) is 10.1. The van der Waals surface area contributed by atoms with E-state index in [9.17, 15) is 0 Å². The van der Waals surface area contributed by atoms with E-state index >= 15 is 0 Å². The molecule has 0 aliphatic heterocycles. The summed E-state index contributed by atoms with van der Waals surface area (Å²) in [6.07, 6.45) is 3.69. The highest BCUT2D eigenvalue weighted by molar-refractivity contribution is 5.79. The number of rotatable bonds is 10. The lowest BCUT2D eigenvalue weighted by atomic mass is 10.3. The normalized spacial score (nSPS) is 14.7. The Morgan fingerprint density at radius 2 is 1.91 bits per heavy atom. The molecule has 0 bridgehead atoms. The molecule has 0 aromatic heterocycles. The standard InChI is InChI=1S/C17H27N3O2/c1-18-17(19-10-5-12-21-14-15-8-9-15)20-11-13-22-16-6-3-2-4-7-16/h2-4,6-7,15H,5,8-14H2,1H3,(H2,18,19,20). The Labute approximate surface area is 133 Å². The molecule has 5 heteroatoms. The number of benzene rings is 1. The highest BCUT2D eigenvalue weighted by Crippen LogP contribution is 2.28. The molecule has 1 fully saturated rings. The zero-order valence-corrected chi connectivity index (χ0v) is 13.4. The molecule has 122 valence electrons. The highest BCUT2D eigenvalue weighted by Gasteiger charge is 2.20. The van der Waals surface area contributed by atoms with Crippen molar-refractivity contribution >= 4 is 5.96 Å². The van der Waals surface area contributed by atoms with E-state index in [-0.39, 0.29) is 0 Å². The van der Waals surface area contributed by atoms with Crippen LogP contribution in [0.3, 0.4) is 0 Å². The van der Waals surface area contributed by atoms with E-state index in [2.05, 4.69) is 15.6 Å². The number of nitrogens with zero attached hydrogens (tertiary/aromatic N) is 1. The third kappa shape index (κ3) is 7.31. The second-order valence-corrected chi connectivity index (χ2v) is 5.46. The first-order valence-corrected chi connectivity index (χ1v) is 8.08. The number of nitrogens with one attached hydrogen (secondary N) is 2. The van der Waals surface area contributed by atoms with E-state index < -0.39 is 0 Å². The minimum Gasteiger partial charge on any atom is -0.492 e. The molecule has 1 aliphatic carbocycles. The molecular weight excluding hydrogens is 278 g/mol. The molecule has 0 spiro atoms. The summed E-state index contributed by atoms with van der Waals surface area (Å²) >= 11 is 0. The van der Waals surface area contributed by atoms with Gasteiger partial charge in [0.25, 0.3) is 0 Å². The molecule has 1 aromatic rings. The Morgan fingerprint density at radius 3 is 2.64 bits per heavy atom. The van der Waals surface area contributed by atoms with Crippen LogP contribution in [0, 0.1) is 5.92 Å². The average molecular weight is 305 g/mol. The van der Waals surface area contributed by atoms with Crippen LogP contribution in [0.1, 0.15) is 19.3 Å². The van der Waals surface area contributed by atoms with Crippen molar-refractivity contribution in [2.45, 2.75) is 19.3 Å². The quantitative estimate of drug-likeness (QED) is 0.395. The predicted octanol–water partition coefficient (Wildman–Crippen LogP) is 2.05. The molecule has 2 rings (SSSR count). The van der Waals surface area contributed by atoms with Gasteiger partial charge in [-0.1, -0.05) is 18.2 Å². The van der Waals surface area contributed by atoms with Gasteiger partial charge in [-0.2, -0.15) is 0 Å². The summed E-state index contributed by atoms with van der Waals surface area (Å²) in [4.78, 5) is 4.19. The van der Waals surface area contributed by atoms with Gasteiger partial charge in [-0.3, -0.25) is 4.99 Å². The monoisotopic (exact) mass is 305 g/mol. The lowest BCUT2D eigenvalue weighted by Gasteiger charge is -2.12. The summed E-state index contributed by atoms with van der Waals surface area (Å²) in [6.45, 7) is 3.94. The molecule has 1 aromatic carbocycles. The van der Waals surface area contributed by atoms with Gasteiger partial charge in [0.05, 0.1) is 6.54 Å². The van der Waals surface area contributed by atoms with Gasteiger partial charge in [-0.05, 0) is 37.3 Å². The summed E-state index contributed by atoms with van der Waals surface area (Å²) in [7, 11) is 1.77. The maximum Gasteiger partial charge on any atom is 0.191 e. The predicted molar refractivity (Wildman–Crippen MR) is 89.5 cm³/mol. The molecule has 0 saturated heterocycles. The third-order valence-corrected chi connectivity index (χ3v) is 3.44. The van der Waals surface area contributed by atoms with Gasteiger partial charge in [0.15, 0.2) is 5.96 Å².